The molecule has 6 nitrogen and oxygen atoms in total. The average Bonchev–Trinajstić information content (AvgIpc) is 3.10. The predicted octanol–water partition coefficient (Wildman–Crippen LogP) is 3.45. The van der Waals surface area contributed by atoms with Crippen LogP contribution in [0.1, 0.15) is 32.7 Å². The number of amides is 1. The number of fused-ring (bicyclic) bond motifs is 1. The second kappa shape index (κ2) is 6.77. The largest absolute Gasteiger partial charge is 0.306 e. The molecule has 1 N–H and O–H groups in total. The summed E-state index contributed by atoms with van der Waals surface area (Å²) in [5, 5.41) is 7.05. The van der Waals surface area contributed by atoms with Crippen molar-refractivity contribution in [2.24, 2.45) is 0 Å². The van der Waals surface area contributed by atoms with E-state index in [1.54, 1.807) is 0 Å². The van der Waals surface area contributed by atoms with Gasteiger partial charge in [0.2, 0.25) is 0 Å². The second-order valence-corrected chi connectivity index (χ2v) is 9.16. The number of carbonyl (C=O) groups is 1. The van der Waals surface area contributed by atoms with Gasteiger partial charge in [-0.1, -0.05) is 17.7 Å². The van der Waals surface area contributed by atoms with E-state index in [1.165, 1.54) is 4.68 Å². The van der Waals surface area contributed by atoms with Crippen molar-refractivity contribution in [3.8, 4) is 5.69 Å². The highest BCUT2D eigenvalue weighted by atomic mass is 32.2. The van der Waals surface area contributed by atoms with Gasteiger partial charge in [0.15, 0.2) is 21.5 Å². The lowest BCUT2D eigenvalue weighted by molar-refractivity contribution is 0.102. The lowest BCUT2D eigenvalue weighted by Gasteiger charge is -2.13. The fraction of sp³-hybridized carbons (Fsp3) is 0.200. The Labute approximate surface area is 166 Å². The zero-order valence-electron chi connectivity index (χ0n) is 15.7. The Kier molecular flexibility index (Phi) is 4.49. The van der Waals surface area contributed by atoms with E-state index in [0.29, 0.717) is 16.9 Å². The molecule has 9 heteroatoms. The van der Waals surface area contributed by atoms with Gasteiger partial charge >= 0.3 is 0 Å². The van der Waals surface area contributed by atoms with Crippen molar-refractivity contribution < 1.29 is 22.0 Å². The average molecular weight is 417 g/mol. The van der Waals surface area contributed by atoms with Crippen molar-refractivity contribution in [1.29, 1.82) is 0 Å². The van der Waals surface area contributed by atoms with E-state index in [2.05, 4.69) is 10.4 Å². The van der Waals surface area contributed by atoms with Crippen LogP contribution in [0.2, 0.25) is 0 Å². The quantitative estimate of drug-likeness (QED) is 0.708. The molecule has 150 valence electrons. The van der Waals surface area contributed by atoms with E-state index in [-0.39, 0.29) is 22.9 Å². The van der Waals surface area contributed by atoms with Crippen LogP contribution in [0.3, 0.4) is 0 Å². The fourth-order valence-corrected chi connectivity index (χ4v) is 4.90. The summed E-state index contributed by atoms with van der Waals surface area (Å²) in [7, 11) is -3.35. The first-order chi connectivity index (χ1) is 13.6. The van der Waals surface area contributed by atoms with Gasteiger partial charge in [-0.2, -0.15) is 5.10 Å². The van der Waals surface area contributed by atoms with Gasteiger partial charge in [-0.15, -0.1) is 0 Å². The van der Waals surface area contributed by atoms with Crippen LogP contribution in [0.15, 0.2) is 36.4 Å². The highest BCUT2D eigenvalue weighted by Gasteiger charge is 2.33. The normalized spacial score (nSPS) is 14.6. The van der Waals surface area contributed by atoms with Crippen molar-refractivity contribution in [1.82, 2.24) is 9.78 Å². The van der Waals surface area contributed by atoms with Crippen LogP contribution in [0, 0.1) is 25.5 Å². The van der Waals surface area contributed by atoms with Crippen molar-refractivity contribution in [3.05, 3.63) is 76.0 Å². The Morgan fingerprint density at radius 1 is 1.07 bits per heavy atom. The minimum absolute atomic E-state index is 0.0908. The maximum absolute atomic E-state index is 13.5. The molecule has 2 aromatic carbocycles. The van der Waals surface area contributed by atoms with Crippen LogP contribution in [-0.2, 0) is 21.3 Å². The molecule has 0 fully saturated rings. The first kappa shape index (κ1) is 19.3. The molecule has 0 saturated carbocycles. The minimum Gasteiger partial charge on any atom is -0.306 e. The molecule has 1 aliphatic heterocycles. The molecular formula is C20H17F2N3O3S. The molecule has 0 atom stereocenters. The molecule has 3 aromatic rings. The number of halogens is 2. The predicted molar refractivity (Wildman–Crippen MR) is 104 cm³/mol. The van der Waals surface area contributed by atoms with Crippen molar-refractivity contribution in [3.63, 3.8) is 0 Å². The van der Waals surface area contributed by atoms with Gasteiger partial charge in [0.05, 0.1) is 22.9 Å². The van der Waals surface area contributed by atoms with Crippen LogP contribution < -0.4 is 5.32 Å². The second-order valence-electron chi connectivity index (χ2n) is 7.09. The van der Waals surface area contributed by atoms with Crippen LogP contribution in [0.5, 0.6) is 0 Å². The highest BCUT2D eigenvalue weighted by molar-refractivity contribution is 7.90. The molecule has 0 spiro atoms. The summed E-state index contributed by atoms with van der Waals surface area (Å²) in [6, 6.07) is 8.46. The molecule has 4 rings (SSSR count). The molecule has 0 saturated heterocycles. The van der Waals surface area contributed by atoms with Gasteiger partial charge < -0.3 is 5.32 Å². The molecule has 0 unspecified atom stereocenters. The lowest BCUT2D eigenvalue weighted by Crippen LogP contribution is -2.17. The minimum atomic E-state index is -3.35. The summed E-state index contributed by atoms with van der Waals surface area (Å²) in [5.74, 6) is -3.15. The SMILES string of the molecule is Cc1ccc(-n2nc3c(c2NC(=O)c2ccc(F)c(F)c2)CS(=O)(=O)C3)c(C)c1. The van der Waals surface area contributed by atoms with Gasteiger partial charge in [-0.25, -0.2) is 21.9 Å². The van der Waals surface area contributed by atoms with Crippen LogP contribution in [0.4, 0.5) is 14.6 Å². The number of aromatic nitrogens is 2. The first-order valence-corrected chi connectivity index (χ1v) is 10.6. The third-order valence-corrected chi connectivity index (χ3v) is 6.22. The third-order valence-electron chi connectivity index (χ3n) is 4.78. The van der Waals surface area contributed by atoms with Crippen molar-refractivity contribution >= 4 is 21.6 Å². The molecule has 1 amide bonds. The molecule has 1 aliphatic rings. The number of hydrogen-bond acceptors (Lipinski definition) is 4. The zero-order chi connectivity index (χ0) is 20.9. The number of rotatable bonds is 3. The topological polar surface area (TPSA) is 81.1 Å². The van der Waals surface area contributed by atoms with E-state index in [1.807, 2.05) is 32.0 Å². The number of benzene rings is 2. The maximum Gasteiger partial charge on any atom is 0.256 e. The zero-order valence-corrected chi connectivity index (χ0v) is 16.5. The van der Waals surface area contributed by atoms with Gasteiger partial charge in [0.25, 0.3) is 5.91 Å². The lowest BCUT2D eigenvalue weighted by atomic mass is 10.1. The van der Waals surface area contributed by atoms with E-state index in [9.17, 15) is 22.0 Å². The summed E-state index contributed by atoms with van der Waals surface area (Å²) in [5.41, 5.74) is 3.29. The molecule has 29 heavy (non-hydrogen) atoms. The van der Waals surface area contributed by atoms with Crippen molar-refractivity contribution in [2.45, 2.75) is 25.4 Å². The van der Waals surface area contributed by atoms with Gasteiger partial charge in [0, 0.05) is 11.1 Å². The van der Waals surface area contributed by atoms with Gasteiger partial charge in [-0.3, -0.25) is 4.79 Å². The van der Waals surface area contributed by atoms with Gasteiger partial charge in [0.1, 0.15) is 5.82 Å². The molecule has 1 aromatic heterocycles. The Bertz CT molecular complexity index is 1270. The monoisotopic (exact) mass is 417 g/mol. The fourth-order valence-electron chi connectivity index (χ4n) is 3.41. The van der Waals surface area contributed by atoms with Crippen molar-refractivity contribution in [2.75, 3.05) is 5.32 Å². The van der Waals surface area contributed by atoms with Crippen LogP contribution >= 0.6 is 0 Å². The summed E-state index contributed by atoms with van der Waals surface area (Å²) < 4.78 is 52.3. The summed E-state index contributed by atoms with van der Waals surface area (Å²) in [6.07, 6.45) is 0. The summed E-state index contributed by atoms with van der Waals surface area (Å²) in [6.45, 7) is 3.82. The number of nitrogens with one attached hydrogen (secondary N) is 1. The third kappa shape index (κ3) is 3.53. The standard InChI is InChI=1S/C20H17F2N3O3S/c1-11-3-6-18(12(2)7-11)25-19(14-9-29(27,28)10-17(14)24-25)23-20(26)13-4-5-15(21)16(22)8-13/h3-8H,9-10H2,1-2H3,(H,23,26). The number of anilines is 1. The number of sulfone groups is 1. The Morgan fingerprint density at radius 3 is 2.52 bits per heavy atom. The number of hydrogen-bond donors (Lipinski definition) is 1. The van der Waals surface area contributed by atoms with E-state index < -0.39 is 27.4 Å². The number of carbonyl (C=O) groups excluding carboxylic acids is 1. The number of nitrogens with zero attached hydrogens (tertiary/aromatic N) is 2. The molecule has 0 radical (unpaired) electrons. The van der Waals surface area contributed by atoms with Crippen LogP contribution in [0.25, 0.3) is 5.69 Å². The summed E-state index contributed by atoms with van der Waals surface area (Å²) in [4.78, 5) is 12.7. The highest BCUT2D eigenvalue weighted by Crippen LogP contribution is 2.34. The van der Waals surface area contributed by atoms with E-state index >= 15 is 0 Å². The molecular weight excluding hydrogens is 400 g/mol. The van der Waals surface area contributed by atoms with E-state index in [4.69, 9.17) is 0 Å². The molecule has 0 bridgehead atoms. The van der Waals surface area contributed by atoms with Gasteiger partial charge in [-0.05, 0) is 43.7 Å². The van der Waals surface area contributed by atoms with Crippen LogP contribution in [-0.4, -0.2) is 24.1 Å². The smallest absolute Gasteiger partial charge is 0.256 e. The first-order valence-electron chi connectivity index (χ1n) is 8.80. The molecule has 2 heterocycles. The maximum atomic E-state index is 13.5. The Balaban J connectivity index is 1.80. The number of aryl methyl sites for hydroxylation is 2. The van der Waals surface area contributed by atoms with E-state index in [0.717, 1.165) is 29.3 Å². The molecule has 0 aliphatic carbocycles. The Morgan fingerprint density at radius 2 is 1.83 bits per heavy atom. The summed E-state index contributed by atoms with van der Waals surface area (Å²) >= 11 is 0. The Hall–Kier alpha value is -3.07.